The number of nitrogens with zero attached hydrogens (tertiary/aromatic N) is 3. The van der Waals surface area contributed by atoms with Crippen LogP contribution in [0.5, 0.6) is 0 Å². The molecule has 0 aliphatic rings. The second kappa shape index (κ2) is 6.33. The van der Waals surface area contributed by atoms with Crippen LogP contribution >= 0.6 is 0 Å². The highest BCUT2D eigenvalue weighted by molar-refractivity contribution is 5.95. The predicted octanol–water partition coefficient (Wildman–Crippen LogP) is 1.84. The molecule has 0 radical (unpaired) electrons. The molecule has 1 N–H and O–H groups in total. The van der Waals surface area contributed by atoms with E-state index in [1.807, 2.05) is 30.3 Å². The van der Waals surface area contributed by atoms with Gasteiger partial charge in [0, 0.05) is 12.1 Å². The molecule has 6 heteroatoms. The average Bonchev–Trinajstić information content (AvgIpc) is 2.48. The molecule has 0 heterocycles. The highest BCUT2D eigenvalue weighted by Gasteiger charge is 2.11. The highest BCUT2D eigenvalue weighted by Crippen LogP contribution is 2.11. The van der Waals surface area contributed by atoms with Crippen molar-refractivity contribution >= 4 is 17.2 Å². The van der Waals surface area contributed by atoms with Gasteiger partial charge >= 0.3 is 5.84 Å². The molecule has 0 amide bonds. The van der Waals surface area contributed by atoms with Gasteiger partial charge in [-0.2, -0.15) is 0 Å². The zero-order valence-electron chi connectivity index (χ0n) is 10.9. The van der Waals surface area contributed by atoms with Gasteiger partial charge in [-0.3, -0.25) is 10.1 Å². The van der Waals surface area contributed by atoms with Crippen LogP contribution < -0.4 is 4.99 Å². The van der Waals surface area contributed by atoms with E-state index in [0.717, 1.165) is 5.56 Å². The van der Waals surface area contributed by atoms with E-state index in [-0.39, 0.29) is 5.69 Å². The minimum absolute atomic E-state index is 0.0499. The topological polar surface area (TPSA) is 81.8 Å². The summed E-state index contributed by atoms with van der Waals surface area (Å²) in [5.41, 5.74) is 1.65. The SMILES string of the molecule is CN=NC(=[NH+]c1ccc([N+](=O)[O-])cc1)c1ccccc1. The number of nitro groups is 1. The van der Waals surface area contributed by atoms with Crippen LogP contribution in [0.3, 0.4) is 0 Å². The smallest absolute Gasteiger partial charge is 0.258 e. The van der Waals surface area contributed by atoms with Crippen molar-refractivity contribution in [1.82, 2.24) is 0 Å². The molecule has 0 spiro atoms. The lowest BCUT2D eigenvalue weighted by molar-refractivity contribution is -0.385. The summed E-state index contributed by atoms with van der Waals surface area (Å²) < 4.78 is 0. The molecule has 2 rings (SSSR count). The second-order valence-corrected chi connectivity index (χ2v) is 3.94. The van der Waals surface area contributed by atoms with Crippen LogP contribution in [0.2, 0.25) is 0 Å². The molecular weight excluding hydrogens is 256 g/mol. The normalized spacial score (nSPS) is 11.8. The van der Waals surface area contributed by atoms with Crippen molar-refractivity contribution in [3.8, 4) is 0 Å². The third-order valence-corrected chi connectivity index (χ3v) is 2.59. The summed E-state index contributed by atoms with van der Waals surface area (Å²) in [5, 5.41) is 18.4. The molecule has 20 heavy (non-hydrogen) atoms. The number of rotatable bonds is 3. The first-order chi connectivity index (χ1) is 9.70. The van der Waals surface area contributed by atoms with Crippen molar-refractivity contribution in [2.75, 3.05) is 7.05 Å². The molecule has 0 atom stereocenters. The van der Waals surface area contributed by atoms with Crippen LogP contribution in [0.1, 0.15) is 5.56 Å². The van der Waals surface area contributed by atoms with Crippen LogP contribution in [-0.4, -0.2) is 17.8 Å². The third kappa shape index (κ3) is 3.32. The van der Waals surface area contributed by atoms with Gasteiger partial charge in [0.05, 0.1) is 22.6 Å². The van der Waals surface area contributed by atoms with E-state index in [1.165, 1.54) is 12.1 Å². The molecule has 2 aromatic rings. The van der Waals surface area contributed by atoms with Gasteiger partial charge in [-0.25, -0.2) is 4.99 Å². The Morgan fingerprint density at radius 1 is 1.10 bits per heavy atom. The van der Waals surface area contributed by atoms with Crippen molar-refractivity contribution in [2.45, 2.75) is 0 Å². The summed E-state index contributed by atoms with van der Waals surface area (Å²) in [6.45, 7) is 0. The first kappa shape index (κ1) is 13.5. The summed E-state index contributed by atoms with van der Waals surface area (Å²) in [5.74, 6) is 0.585. The Balaban J connectivity index is 2.36. The van der Waals surface area contributed by atoms with Crippen molar-refractivity contribution < 1.29 is 9.92 Å². The Morgan fingerprint density at radius 3 is 2.30 bits per heavy atom. The maximum absolute atomic E-state index is 10.6. The van der Waals surface area contributed by atoms with E-state index in [4.69, 9.17) is 0 Å². The maximum atomic E-state index is 10.6. The van der Waals surface area contributed by atoms with Crippen LogP contribution in [0.15, 0.2) is 64.8 Å². The first-order valence-corrected chi connectivity index (χ1v) is 5.94. The third-order valence-electron chi connectivity index (χ3n) is 2.59. The summed E-state index contributed by atoms with van der Waals surface area (Å²) >= 11 is 0. The first-order valence-electron chi connectivity index (χ1n) is 5.94. The predicted molar refractivity (Wildman–Crippen MR) is 75.1 cm³/mol. The Bertz CT molecular complexity index is 649. The fraction of sp³-hybridized carbons (Fsp3) is 0.0714. The lowest BCUT2D eigenvalue weighted by atomic mass is 10.2. The number of hydrogen-bond donors (Lipinski definition) is 1. The zero-order chi connectivity index (χ0) is 14.4. The van der Waals surface area contributed by atoms with Gasteiger partial charge in [0.2, 0.25) is 0 Å². The molecule has 6 nitrogen and oxygen atoms in total. The molecule has 0 aliphatic carbocycles. The summed E-state index contributed by atoms with van der Waals surface area (Å²) in [4.78, 5) is 13.3. The minimum atomic E-state index is -0.433. The number of amidine groups is 1. The van der Waals surface area contributed by atoms with Crippen LogP contribution in [0.25, 0.3) is 0 Å². The van der Waals surface area contributed by atoms with Crippen LogP contribution in [0, 0.1) is 10.1 Å². The van der Waals surface area contributed by atoms with Gasteiger partial charge in [-0.15, -0.1) is 0 Å². The van der Waals surface area contributed by atoms with Gasteiger partial charge in [-0.1, -0.05) is 23.3 Å². The number of non-ortho nitro benzene ring substituents is 1. The summed E-state index contributed by atoms with van der Waals surface area (Å²) in [7, 11) is 1.58. The van der Waals surface area contributed by atoms with E-state index in [0.29, 0.717) is 11.5 Å². The lowest BCUT2D eigenvalue weighted by Crippen LogP contribution is -2.66. The highest BCUT2D eigenvalue weighted by atomic mass is 16.6. The van der Waals surface area contributed by atoms with E-state index >= 15 is 0 Å². The number of nitro benzene ring substituents is 1. The van der Waals surface area contributed by atoms with Crippen LogP contribution in [0.4, 0.5) is 11.4 Å². The molecule has 0 aromatic heterocycles. The van der Waals surface area contributed by atoms with E-state index in [2.05, 4.69) is 15.2 Å². The number of nitrogens with one attached hydrogen (secondary N) is 1. The number of azo groups is 1. The van der Waals surface area contributed by atoms with Gasteiger partial charge in [-0.05, 0) is 24.3 Å². The second-order valence-electron chi connectivity index (χ2n) is 3.94. The fourth-order valence-corrected chi connectivity index (χ4v) is 1.65. The molecule has 0 bridgehead atoms. The van der Waals surface area contributed by atoms with E-state index in [1.54, 1.807) is 19.2 Å². The van der Waals surface area contributed by atoms with Crippen molar-refractivity contribution in [2.24, 2.45) is 10.2 Å². The molecule has 0 unspecified atom stereocenters. The van der Waals surface area contributed by atoms with E-state index in [9.17, 15) is 10.1 Å². The Kier molecular flexibility index (Phi) is 4.28. The largest absolute Gasteiger partial charge is 0.355 e. The van der Waals surface area contributed by atoms with Crippen molar-refractivity contribution in [1.29, 1.82) is 0 Å². The maximum Gasteiger partial charge on any atom is 0.355 e. The Hall–Kier alpha value is -2.89. The van der Waals surface area contributed by atoms with Gasteiger partial charge in [0.25, 0.3) is 5.69 Å². The van der Waals surface area contributed by atoms with Gasteiger partial charge in [0.1, 0.15) is 5.69 Å². The van der Waals surface area contributed by atoms with Gasteiger partial charge < -0.3 is 0 Å². The van der Waals surface area contributed by atoms with Crippen molar-refractivity contribution in [3.63, 3.8) is 0 Å². The molecule has 0 aliphatic heterocycles. The molecule has 100 valence electrons. The van der Waals surface area contributed by atoms with Crippen molar-refractivity contribution in [3.05, 3.63) is 70.3 Å². The summed E-state index contributed by atoms with van der Waals surface area (Å²) in [6.07, 6.45) is 0. The molecular formula is C14H13N4O2+. The number of benzene rings is 2. The van der Waals surface area contributed by atoms with Gasteiger partial charge in [0.15, 0.2) is 0 Å². The minimum Gasteiger partial charge on any atom is -0.258 e. The summed E-state index contributed by atoms with van der Waals surface area (Å²) in [6, 6.07) is 15.7. The monoisotopic (exact) mass is 269 g/mol. The molecule has 0 fully saturated rings. The standard InChI is InChI=1S/C14H12N4O2/c1-15-17-14(11-5-3-2-4-6-11)16-12-7-9-13(10-8-12)18(19)20/h2-10H,1H3/p+1. The number of hydrogen-bond acceptors (Lipinski definition) is 3. The Morgan fingerprint density at radius 2 is 1.75 bits per heavy atom. The molecule has 0 saturated carbocycles. The fourth-order valence-electron chi connectivity index (χ4n) is 1.65. The Labute approximate surface area is 115 Å². The average molecular weight is 269 g/mol. The lowest BCUT2D eigenvalue weighted by Gasteiger charge is -1.94. The zero-order valence-corrected chi connectivity index (χ0v) is 10.9. The molecule has 0 saturated heterocycles. The van der Waals surface area contributed by atoms with E-state index < -0.39 is 4.92 Å². The quantitative estimate of drug-likeness (QED) is 0.303. The molecule has 2 aromatic carbocycles. The van der Waals surface area contributed by atoms with Crippen LogP contribution in [-0.2, 0) is 0 Å².